The van der Waals surface area contributed by atoms with Crippen LogP contribution in [0.5, 0.6) is 0 Å². The molecule has 4 rings (SSSR count). The summed E-state index contributed by atoms with van der Waals surface area (Å²) in [5.74, 6) is -1.27. The summed E-state index contributed by atoms with van der Waals surface area (Å²) in [6.07, 6.45) is 1.67. The van der Waals surface area contributed by atoms with Gasteiger partial charge in [-0.2, -0.15) is 5.10 Å². The molecule has 1 unspecified atom stereocenters. The lowest BCUT2D eigenvalue weighted by Crippen LogP contribution is -2.44. The first kappa shape index (κ1) is 17.7. The van der Waals surface area contributed by atoms with Crippen LogP contribution in [0.15, 0.2) is 23.6 Å². The summed E-state index contributed by atoms with van der Waals surface area (Å²) in [4.78, 5) is 32.2. The number of rotatable bonds is 5. The lowest BCUT2D eigenvalue weighted by atomic mass is 10.1. The highest BCUT2D eigenvalue weighted by Gasteiger charge is 2.39. The third-order valence-electron chi connectivity index (χ3n) is 4.92. The Morgan fingerprint density at radius 1 is 1.41 bits per heavy atom. The number of carbonyl (C=O) groups excluding carboxylic acids is 1. The summed E-state index contributed by atoms with van der Waals surface area (Å²) in [5.41, 5.74) is 2.50. The molecule has 1 saturated carbocycles. The Hall–Kier alpha value is -2.74. The summed E-state index contributed by atoms with van der Waals surface area (Å²) in [7, 11) is 1.80. The second kappa shape index (κ2) is 6.45. The number of aliphatic carboxylic acids is 1. The Morgan fingerprint density at radius 3 is 2.74 bits per heavy atom. The van der Waals surface area contributed by atoms with Gasteiger partial charge in [-0.05, 0) is 44.2 Å². The number of carbonyl (C=O) groups is 2. The van der Waals surface area contributed by atoms with E-state index < -0.39 is 12.0 Å². The molecule has 1 amide bonds. The Bertz CT molecular complexity index is 1040. The van der Waals surface area contributed by atoms with Crippen molar-refractivity contribution in [3.05, 3.63) is 34.8 Å². The summed E-state index contributed by atoms with van der Waals surface area (Å²) in [5, 5.41) is 16.6. The molecular weight excluding hydrogens is 364 g/mol. The summed E-state index contributed by atoms with van der Waals surface area (Å²) >= 11 is 1.54. The number of carboxylic acid groups (broad SMARTS) is 1. The number of aromatic nitrogens is 3. The minimum Gasteiger partial charge on any atom is -0.480 e. The van der Waals surface area contributed by atoms with Crippen LogP contribution in [0, 0.1) is 6.92 Å². The Balaban J connectivity index is 1.91. The minimum atomic E-state index is -0.998. The number of carboxylic acids is 1. The molecule has 140 valence electrons. The molecule has 8 heteroatoms. The number of pyridine rings is 1. The van der Waals surface area contributed by atoms with Crippen LogP contribution in [0.2, 0.25) is 0 Å². The van der Waals surface area contributed by atoms with Crippen LogP contribution in [0.4, 0.5) is 0 Å². The number of aryl methyl sites for hydroxylation is 2. The number of thiophene rings is 1. The number of amides is 1. The topological polar surface area (TPSA) is 88.3 Å². The van der Waals surface area contributed by atoms with Crippen LogP contribution in [0.3, 0.4) is 0 Å². The lowest BCUT2D eigenvalue weighted by molar-refractivity contribution is -0.141. The van der Waals surface area contributed by atoms with Gasteiger partial charge in [-0.15, -0.1) is 11.3 Å². The van der Waals surface area contributed by atoms with Gasteiger partial charge in [0.05, 0.1) is 27.2 Å². The second-order valence-corrected chi connectivity index (χ2v) is 7.85. The number of hydrogen-bond acceptors (Lipinski definition) is 5. The Labute approximate surface area is 160 Å². The molecule has 1 atom stereocenters. The second-order valence-electron chi connectivity index (χ2n) is 6.90. The molecule has 0 bridgehead atoms. The number of nitrogens with zero attached hydrogens (tertiary/aromatic N) is 4. The third-order valence-corrected chi connectivity index (χ3v) is 5.81. The van der Waals surface area contributed by atoms with E-state index in [2.05, 4.69) is 5.10 Å². The van der Waals surface area contributed by atoms with Crippen molar-refractivity contribution < 1.29 is 14.7 Å². The molecule has 0 spiro atoms. The van der Waals surface area contributed by atoms with Crippen LogP contribution in [0.25, 0.3) is 21.6 Å². The van der Waals surface area contributed by atoms with Crippen molar-refractivity contribution in [2.75, 3.05) is 0 Å². The van der Waals surface area contributed by atoms with Crippen molar-refractivity contribution >= 4 is 34.2 Å². The van der Waals surface area contributed by atoms with Gasteiger partial charge in [-0.3, -0.25) is 9.48 Å². The van der Waals surface area contributed by atoms with E-state index in [0.29, 0.717) is 28.0 Å². The monoisotopic (exact) mass is 384 g/mol. The first-order chi connectivity index (χ1) is 12.9. The lowest BCUT2D eigenvalue weighted by Gasteiger charge is -2.27. The quantitative estimate of drug-likeness (QED) is 0.730. The fraction of sp³-hybridized carbons (Fsp3) is 0.368. The maximum Gasteiger partial charge on any atom is 0.326 e. The van der Waals surface area contributed by atoms with Crippen LogP contribution >= 0.6 is 11.3 Å². The fourth-order valence-electron chi connectivity index (χ4n) is 3.43. The number of fused-ring (bicyclic) bond motifs is 1. The van der Waals surface area contributed by atoms with Gasteiger partial charge in [-0.25, -0.2) is 9.78 Å². The van der Waals surface area contributed by atoms with Crippen LogP contribution in [-0.2, 0) is 11.8 Å². The van der Waals surface area contributed by atoms with Gasteiger partial charge in [0.1, 0.15) is 6.04 Å². The zero-order chi connectivity index (χ0) is 19.3. The molecule has 0 aromatic carbocycles. The van der Waals surface area contributed by atoms with Crippen molar-refractivity contribution in [3.63, 3.8) is 0 Å². The van der Waals surface area contributed by atoms with Crippen LogP contribution in [0.1, 0.15) is 35.8 Å². The van der Waals surface area contributed by atoms with Crippen molar-refractivity contribution in [3.8, 4) is 10.6 Å². The van der Waals surface area contributed by atoms with E-state index in [9.17, 15) is 14.7 Å². The van der Waals surface area contributed by atoms with Crippen molar-refractivity contribution in [2.24, 2.45) is 7.05 Å². The third kappa shape index (κ3) is 2.99. The Morgan fingerprint density at radius 2 is 2.15 bits per heavy atom. The predicted molar refractivity (Wildman–Crippen MR) is 103 cm³/mol. The van der Waals surface area contributed by atoms with Crippen molar-refractivity contribution in [1.82, 2.24) is 19.7 Å². The van der Waals surface area contributed by atoms with Gasteiger partial charge in [0.25, 0.3) is 5.91 Å². The van der Waals surface area contributed by atoms with Gasteiger partial charge in [-0.1, -0.05) is 6.07 Å². The standard InChI is InChI=1S/C19H20N4O3S/c1-10-16-13(18(24)23(12-6-7-12)11(2)19(25)26)9-14(15-5-4-8-27-15)20-17(16)22(3)21-10/h4-5,8-9,11-12H,6-7H2,1-3H3,(H,25,26). The largest absolute Gasteiger partial charge is 0.480 e. The predicted octanol–water partition coefficient (Wildman–Crippen LogP) is 3.08. The average Bonchev–Trinajstić information content (AvgIpc) is 3.22. The smallest absolute Gasteiger partial charge is 0.326 e. The van der Waals surface area contributed by atoms with E-state index in [1.807, 2.05) is 24.4 Å². The van der Waals surface area contributed by atoms with Gasteiger partial charge in [0, 0.05) is 13.1 Å². The molecule has 1 fully saturated rings. The van der Waals surface area contributed by atoms with Crippen LogP contribution < -0.4 is 0 Å². The highest BCUT2D eigenvalue weighted by atomic mass is 32.1. The molecule has 0 radical (unpaired) electrons. The van der Waals surface area contributed by atoms with Gasteiger partial charge >= 0.3 is 5.97 Å². The average molecular weight is 384 g/mol. The normalized spacial score (nSPS) is 15.1. The molecule has 3 aromatic heterocycles. The molecule has 1 aliphatic carbocycles. The minimum absolute atomic E-state index is 0.0195. The maximum atomic E-state index is 13.5. The molecule has 0 saturated heterocycles. The molecule has 27 heavy (non-hydrogen) atoms. The summed E-state index contributed by atoms with van der Waals surface area (Å²) in [6.45, 7) is 3.40. The van der Waals surface area contributed by atoms with Crippen molar-refractivity contribution in [2.45, 2.75) is 38.8 Å². The van der Waals surface area contributed by atoms with Gasteiger partial charge < -0.3 is 10.0 Å². The molecule has 1 aliphatic rings. The first-order valence-corrected chi connectivity index (χ1v) is 9.70. The maximum absolute atomic E-state index is 13.5. The SMILES string of the molecule is Cc1nn(C)c2nc(-c3cccs3)cc(C(=O)N(C3CC3)C(C)C(=O)O)c12. The highest BCUT2D eigenvalue weighted by Crippen LogP contribution is 2.34. The van der Waals surface area contributed by atoms with Gasteiger partial charge in [0.2, 0.25) is 0 Å². The zero-order valence-corrected chi connectivity index (χ0v) is 16.2. The number of hydrogen-bond donors (Lipinski definition) is 1. The van der Waals surface area contributed by atoms with Crippen molar-refractivity contribution in [1.29, 1.82) is 0 Å². The fourth-order valence-corrected chi connectivity index (χ4v) is 4.12. The van der Waals surface area contributed by atoms with E-state index in [0.717, 1.165) is 17.7 Å². The van der Waals surface area contributed by atoms with Gasteiger partial charge in [0.15, 0.2) is 5.65 Å². The van der Waals surface area contributed by atoms with E-state index in [1.165, 1.54) is 4.90 Å². The highest BCUT2D eigenvalue weighted by molar-refractivity contribution is 7.13. The van der Waals surface area contributed by atoms with E-state index >= 15 is 0 Å². The van der Waals surface area contributed by atoms with Crippen LogP contribution in [-0.4, -0.2) is 48.7 Å². The summed E-state index contributed by atoms with van der Waals surface area (Å²) < 4.78 is 1.67. The van der Waals surface area contributed by atoms with E-state index in [4.69, 9.17) is 4.98 Å². The molecule has 1 N–H and O–H groups in total. The molecule has 7 nitrogen and oxygen atoms in total. The van der Waals surface area contributed by atoms with E-state index in [1.54, 1.807) is 36.1 Å². The zero-order valence-electron chi connectivity index (χ0n) is 15.3. The Kier molecular flexibility index (Phi) is 4.22. The molecule has 0 aliphatic heterocycles. The summed E-state index contributed by atoms with van der Waals surface area (Å²) in [6, 6.07) is 4.76. The molecule has 3 heterocycles. The first-order valence-electron chi connectivity index (χ1n) is 8.82. The molecular formula is C19H20N4O3S. The van der Waals surface area contributed by atoms with E-state index in [-0.39, 0.29) is 11.9 Å². The molecule has 3 aromatic rings.